The first-order valence-corrected chi connectivity index (χ1v) is 7.55. The Labute approximate surface area is 141 Å². The highest BCUT2D eigenvalue weighted by atomic mass is 35.5. The molecule has 0 radical (unpaired) electrons. The highest BCUT2D eigenvalue weighted by Crippen LogP contribution is 2.40. The van der Waals surface area contributed by atoms with E-state index in [2.05, 4.69) is 5.32 Å². The molecule has 0 spiro atoms. The van der Waals surface area contributed by atoms with E-state index in [1.165, 1.54) is 13.0 Å². The third kappa shape index (κ3) is 3.75. The average Bonchev–Trinajstić information content (AvgIpc) is 2.46. The maximum Gasteiger partial charge on any atom is 0.417 e. The largest absolute Gasteiger partial charge is 0.530 e. The van der Waals surface area contributed by atoms with Gasteiger partial charge < -0.3 is 20.1 Å². The summed E-state index contributed by atoms with van der Waals surface area (Å²) in [5.41, 5.74) is -1.83. The summed E-state index contributed by atoms with van der Waals surface area (Å²) in [7, 11) is 0. The maximum atomic E-state index is 13.1. The number of alkyl halides is 3. The average molecular weight is 364 g/mol. The Morgan fingerprint density at radius 3 is 2.33 bits per heavy atom. The molecule has 0 bridgehead atoms. The standard InChI is InChI=1S/C15H16ClF3N2O3/c1-9(22)20-14(4-6-21(7-5-14)13(23)24)10-2-3-12(16)11(8-10)15(17,18)19/h2-3,8H,4-7H2,1H3,(H,20,22)(H,23,24)/p-1. The molecule has 5 nitrogen and oxygen atoms in total. The number of hydrogen-bond donors (Lipinski definition) is 1. The van der Waals surface area contributed by atoms with Crippen molar-refractivity contribution in [3.63, 3.8) is 0 Å². The minimum absolute atomic E-state index is 0.0482. The SMILES string of the molecule is CC(=O)NC1(c2ccc(Cl)c(C(F)(F)F)c2)CCN(C(=O)[O-])CC1. The van der Waals surface area contributed by atoms with Crippen LogP contribution in [0.15, 0.2) is 18.2 Å². The van der Waals surface area contributed by atoms with Gasteiger partial charge in [-0.1, -0.05) is 17.7 Å². The number of nitrogens with one attached hydrogen (secondary N) is 1. The molecule has 0 aliphatic carbocycles. The van der Waals surface area contributed by atoms with E-state index in [1.54, 1.807) is 0 Å². The van der Waals surface area contributed by atoms with E-state index in [0.717, 1.165) is 17.0 Å². The van der Waals surface area contributed by atoms with E-state index in [-0.39, 0.29) is 31.5 Å². The lowest BCUT2D eigenvalue weighted by Gasteiger charge is -2.43. The molecule has 0 aromatic heterocycles. The third-order valence-electron chi connectivity index (χ3n) is 4.11. The van der Waals surface area contributed by atoms with Crippen LogP contribution in [0, 0.1) is 0 Å². The topological polar surface area (TPSA) is 72.5 Å². The zero-order chi connectivity index (χ0) is 18.1. The molecule has 1 saturated heterocycles. The Morgan fingerprint density at radius 2 is 1.88 bits per heavy atom. The van der Waals surface area contributed by atoms with Crippen LogP contribution in [-0.2, 0) is 16.5 Å². The van der Waals surface area contributed by atoms with Crippen LogP contribution in [0.4, 0.5) is 18.0 Å². The summed E-state index contributed by atoms with van der Waals surface area (Å²) in [4.78, 5) is 23.5. The lowest BCUT2D eigenvalue weighted by atomic mass is 9.80. The predicted molar refractivity (Wildman–Crippen MR) is 78.2 cm³/mol. The van der Waals surface area contributed by atoms with E-state index in [9.17, 15) is 27.9 Å². The van der Waals surface area contributed by atoms with Gasteiger partial charge in [0.15, 0.2) is 0 Å². The van der Waals surface area contributed by atoms with Gasteiger partial charge in [-0.3, -0.25) is 4.79 Å². The quantitative estimate of drug-likeness (QED) is 0.875. The summed E-state index contributed by atoms with van der Waals surface area (Å²) in [6, 6.07) is 3.46. The molecule has 1 heterocycles. The Kier molecular flexibility index (Phi) is 4.98. The molecule has 0 unspecified atom stereocenters. The van der Waals surface area contributed by atoms with Gasteiger partial charge in [0.05, 0.1) is 16.1 Å². The van der Waals surface area contributed by atoms with Gasteiger partial charge in [0, 0.05) is 20.0 Å². The van der Waals surface area contributed by atoms with Gasteiger partial charge in [0.2, 0.25) is 5.91 Å². The van der Waals surface area contributed by atoms with Gasteiger partial charge in [-0.2, -0.15) is 13.2 Å². The molecule has 1 fully saturated rings. The van der Waals surface area contributed by atoms with Crippen molar-refractivity contribution in [3.8, 4) is 0 Å². The lowest BCUT2D eigenvalue weighted by molar-refractivity contribution is -0.267. The van der Waals surface area contributed by atoms with Gasteiger partial charge in [-0.15, -0.1) is 0 Å². The molecule has 9 heteroatoms. The fourth-order valence-corrected chi connectivity index (χ4v) is 3.16. The monoisotopic (exact) mass is 363 g/mol. The Morgan fingerprint density at radius 1 is 1.29 bits per heavy atom. The van der Waals surface area contributed by atoms with Crippen LogP contribution in [0.3, 0.4) is 0 Å². The predicted octanol–water partition coefficient (Wildman–Crippen LogP) is 2.13. The lowest BCUT2D eigenvalue weighted by Crippen LogP contribution is -2.55. The number of carboxylic acid groups (broad SMARTS) is 1. The number of hydrogen-bond acceptors (Lipinski definition) is 3. The molecule has 132 valence electrons. The second kappa shape index (κ2) is 6.51. The van der Waals surface area contributed by atoms with Crippen LogP contribution in [0.2, 0.25) is 5.02 Å². The van der Waals surface area contributed by atoms with Gasteiger partial charge in [-0.25, -0.2) is 0 Å². The number of likely N-dealkylation sites (tertiary alicyclic amines) is 1. The summed E-state index contributed by atoms with van der Waals surface area (Å²) in [5.74, 6) is -0.416. The summed E-state index contributed by atoms with van der Waals surface area (Å²) >= 11 is 5.63. The number of carbonyl (C=O) groups excluding carboxylic acids is 2. The normalized spacial score (nSPS) is 17.5. The zero-order valence-corrected chi connectivity index (χ0v) is 13.5. The summed E-state index contributed by atoms with van der Waals surface area (Å²) in [6.07, 6.45) is -5.70. The van der Waals surface area contributed by atoms with Gasteiger partial charge in [0.1, 0.15) is 6.09 Å². The molecular formula is C15H15ClF3N2O3-. The third-order valence-corrected chi connectivity index (χ3v) is 4.44. The Hall–Kier alpha value is -1.96. The van der Waals surface area contributed by atoms with Crippen molar-refractivity contribution in [1.29, 1.82) is 0 Å². The van der Waals surface area contributed by atoms with Crippen molar-refractivity contribution in [1.82, 2.24) is 10.2 Å². The van der Waals surface area contributed by atoms with Crippen molar-refractivity contribution in [2.45, 2.75) is 31.5 Å². The van der Waals surface area contributed by atoms with E-state index >= 15 is 0 Å². The van der Waals surface area contributed by atoms with Gasteiger partial charge in [-0.05, 0) is 30.5 Å². The number of amides is 2. The molecular weight excluding hydrogens is 349 g/mol. The fraction of sp³-hybridized carbons (Fsp3) is 0.467. The van der Waals surface area contributed by atoms with Crippen LogP contribution in [-0.4, -0.2) is 30.0 Å². The molecule has 1 aliphatic heterocycles. The van der Waals surface area contributed by atoms with Gasteiger partial charge in [0.25, 0.3) is 0 Å². The molecule has 24 heavy (non-hydrogen) atoms. The minimum Gasteiger partial charge on any atom is -0.530 e. The second-order valence-corrected chi connectivity index (χ2v) is 6.12. The first-order chi connectivity index (χ1) is 11.0. The number of rotatable bonds is 2. The number of carbonyl (C=O) groups is 2. The van der Waals surface area contributed by atoms with Crippen molar-refractivity contribution in [2.24, 2.45) is 0 Å². The fourth-order valence-electron chi connectivity index (χ4n) is 2.93. The van der Waals surface area contributed by atoms with E-state index in [1.807, 2.05) is 0 Å². The van der Waals surface area contributed by atoms with Crippen LogP contribution in [0.5, 0.6) is 0 Å². The first-order valence-electron chi connectivity index (χ1n) is 7.17. The number of halogens is 4. The number of nitrogens with zero attached hydrogens (tertiary/aromatic N) is 1. The maximum absolute atomic E-state index is 13.1. The van der Waals surface area contributed by atoms with Crippen LogP contribution in [0.1, 0.15) is 30.9 Å². The molecule has 1 N–H and O–H groups in total. The van der Waals surface area contributed by atoms with E-state index < -0.39 is 34.3 Å². The van der Waals surface area contributed by atoms with Crippen LogP contribution < -0.4 is 10.4 Å². The Bertz CT molecular complexity index is 656. The molecule has 0 atom stereocenters. The van der Waals surface area contributed by atoms with Crippen LogP contribution in [0.25, 0.3) is 0 Å². The van der Waals surface area contributed by atoms with Crippen molar-refractivity contribution in [2.75, 3.05) is 13.1 Å². The van der Waals surface area contributed by atoms with E-state index in [0.29, 0.717) is 0 Å². The highest BCUT2D eigenvalue weighted by Gasteiger charge is 2.40. The zero-order valence-electron chi connectivity index (χ0n) is 12.7. The summed E-state index contributed by atoms with van der Waals surface area (Å²) < 4.78 is 39.3. The highest BCUT2D eigenvalue weighted by molar-refractivity contribution is 6.31. The molecule has 1 aliphatic rings. The molecule has 2 amide bonds. The van der Waals surface area contributed by atoms with Gasteiger partial charge >= 0.3 is 6.18 Å². The second-order valence-electron chi connectivity index (χ2n) is 5.71. The smallest absolute Gasteiger partial charge is 0.417 e. The first kappa shape index (κ1) is 18.4. The summed E-state index contributed by atoms with van der Waals surface area (Å²) in [6.45, 7) is 1.35. The Balaban J connectivity index is 2.43. The minimum atomic E-state index is -4.63. The van der Waals surface area contributed by atoms with Crippen molar-refractivity contribution in [3.05, 3.63) is 34.3 Å². The molecule has 0 saturated carbocycles. The van der Waals surface area contributed by atoms with Crippen molar-refractivity contribution >= 4 is 23.6 Å². The molecule has 1 aromatic carbocycles. The van der Waals surface area contributed by atoms with Crippen molar-refractivity contribution < 1.29 is 27.9 Å². The number of piperidine rings is 1. The molecule has 1 aromatic rings. The number of benzene rings is 1. The summed E-state index contributed by atoms with van der Waals surface area (Å²) in [5, 5.41) is 13.2. The van der Waals surface area contributed by atoms with E-state index in [4.69, 9.17) is 11.6 Å². The molecule has 2 rings (SSSR count). The van der Waals surface area contributed by atoms with Crippen LogP contribution >= 0.6 is 11.6 Å².